The van der Waals surface area contributed by atoms with Gasteiger partial charge in [-0.3, -0.25) is 0 Å². The Bertz CT molecular complexity index is 504. The van der Waals surface area contributed by atoms with Crippen LogP contribution in [0.25, 0.3) is 0 Å². The lowest BCUT2D eigenvalue weighted by Gasteiger charge is -2.18. The molecule has 1 rings (SSSR count). The molecule has 0 aliphatic rings. The van der Waals surface area contributed by atoms with Crippen LogP contribution in [0.1, 0.15) is 50.8 Å². The summed E-state index contributed by atoms with van der Waals surface area (Å²) in [5.41, 5.74) is 2.30. The maximum atomic E-state index is 12.1. The Kier molecular flexibility index (Phi) is 6.21. The average Bonchev–Trinajstić information content (AvgIpc) is 2.34. The van der Waals surface area contributed by atoms with Gasteiger partial charge in [0.25, 0.3) is 0 Å². The van der Waals surface area contributed by atoms with E-state index in [0.717, 1.165) is 5.56 Å². The Morgan fingerprint density at radius 3 is 1.85 bits per heavy atom. The predicted octanol–water partition coefficient (Wildman–Crippen LogP) is 3.14. The van der Waals surface area contributed by atoms with E-state index in [1.807, 2.05) is 33.0 Å². The third kappa shape index (κ3) is 5.25. The first-order valence-corrected chi connectivity index (χ1v) is 9.05. The highest BCUT2D eigenvalue weighted by molar-refractivity contribution is 7.91. The second-order valence-electron chi connectivity index (χ2n) is 6.13. The van der Waals surface area contributed by atoms with Crippen LogP contribution in [0.4, 0.5) is 0 Å². The molecule has 0 aliphatic heterocycles. The van der Waals surface area contributed by atoms with Gasteiger partial charge in [0.15, 0.2) is 9.84 Å². The van der Waals surface area contributed by atoms with Crippen molar-refractivity contribution in [3.05, 3.63) is 35.4 Å². The molecule has 1 N–H and O–H groups in total. The van der Waals surface area contributed by atoms with E-state index in [-0.39, 0.29) is 23.5 Å². The Morgan fingerprint density at radius 1 is 0.950 bits per heavy atom. The van der Waals surface area contributed by atoms with Crippen molar-refractivity contribution < 1.29 is 8.42 Å². The molecular weight excluding hydrogens is 270 g/mol. The van der Waals surface area contributed by atoms with Crippen molar-refractivity contribution in [3.8, 4) is 0 Å². The molecule has 0 spiro atoms. The molecule has 0 saturated carbocycles. The van der Waals surface area contributed by atoms with E-state index in [9.17, 15) is 8.42 Å². The van der Waals surface area contributed by atoms with E-state index in [0.29, 0.717) is 5.92 Å². The highest BCUT2D eigenvalue weighted by Crippen LogP contribution is 2.20. The van der Waals surface area contributed by atoms with Crippen molar-refractivity contribution in [3.63, 3.8) is 0 Å². The smallest absolute Gasteiger partial charge is 0.152 e. The second-order valence-corrected chi connectivity index (χ2v) is 8.29. The molecule has 1 aromatic rings. The molecular formula is C16H27NO2S. The third-order valence-corrected chi connectivity index (χ3v) is 5.38. The summed E-state index contributed by atoms with van der Waals surface area (Å²) in [6.07, 6.45) is 0. The van der Waals surface area contributed by atoms with Gasteiger partial charge in [0, 0.05) is 6.04 Å². The first kappa shape index (κ1) is 17.2. The van der Waals surface area contributed by atoms with Crippen molar-refractivity contribution in [1.82, 2.24) is 5.32 Å². The summed E-state index contributed by atoms with van der Waals surface area (Å²) in [6.45, 7) is 8.17. The topological polar surface area (TPSA) is 46.2 Å². The SMILES string of the molecule is CNC(CS(=O)(=O)CC(C)C)c1ccc(C(C)C)cc1. The minimum Gasteiger partial charge on any atom is -0.312 e. The van der Waals surface area contributed by atoms with E-state index in [1.54, 1.807) is 0 Å². The van der Waals surface area contributed by atoms with Crippen LogP contribution in [0, 0.1) is 5.92 Å². The van der Waals surface area contributed by atoms with Crippen LogP contribution < -0.4 is 5.32 Å². The molecule has 0 aromatic heterocycles. The molecule has 4 heteroatoms. The molecule has 0 radical (unpaired) electrons. The monoisotopic (exact) mass is 297 g/mol. The van der Waals surface area contributed by atoms with Crippen molar-refractivity contribution in [2.24, 2.45) is 5.92 Å². The van der Waals surface area contributed by atoms with Gasteiger partial charge >= 0.3 is 0 Å². The Balaban J connectivity index is 2.86. The van der Waals surface area contributed by atoms with Gasteiger partial charge < -0.3 is 5.32 Å². The number of sulfone groups is 1. The van der Waals surface area contributed by atoms with Gasteiger partial charge in [-0.05, 0) is 30.0 Å². The molecule has 0 amide bonds. The predicted molar refractivity (Wildman–Crippen MR) is 85.8 cm³/mol. The third-order valence-electron chi connectivity index (χ3n) is 3.36. The van der Waals surface area contributed by atoms with Gasteiger partial charge in [-0.15, -0.1) is 0 Å². The van der Waals surface area contributed by atoms with E-state index in [2.05, 4.69) is 31.3 Å². The van der Waals surface area contributed by atoms with E-state index < -0.39 is 9.84 Å². The Morgan fingerprint density at radius 2 is 1.45 bits per heavy atom. The average molecular weight is 297 g/mol. The summed E-state index contributed by atoms with van der Waals surface area (Å²) in [6, 6.07) is 8.08. The summed E-state index contributed by atoms with van der Waals surface area (Å²) < 4.78 is 24.2. The van der Waals surface area contributed by atoms with Crippen LogP contribution in [0.3, 0.4) is 0 Å². The molecule has 0 fully saturated rings. The van der Waals surface area contributed by atoms with E-state index in [4.69, 9.17) is 0 Å². The molecule has 114 valence electrons. The fourth-order valence-corrected chi connectivity index (χ4v) is 4.31. The van der Waals surface area contributed by atoms with Gasteiger partial charge in [0.1, 0.15) is 0 Å². The zero-order valence-corrected chi connectivity index (χ0v) is 14.0. The van der Waals surface area contributed by atoms with Crippen LogP contribution in [0.15, 0.2) is 24.3 Å². The first-order valence-electron chi connectivity index (χ1n) is 7.22. The normalized spacial score (nSPS) is 13.9. The lowest BCUT2D eigenvalue weighted by Crippen LogP contribution is -2.27. The molecule has 0 saturated heterocycles. The van der Waals surface area contributed by atoms with E-state index >= 15 is 0 Å². The van der Waals surface area contributed by atoms with Crippen LogP contribution in [-0.4, -0.2) is 27.0 Å². The number of hydrogen-bond donors (Lipinski definition) is 1. The zero-order valence-electron chi connectivity index (χ0n) is 13.2. The van der Waals surface area contributed by atoms with Gasteiger partial charge in [-0.1, -0.05) is 52.0 Å². The number of rotatable bonds is 7. The minimum atomic E-state index is -3.03. The van der Waals surface area contributed by atoms with Crippen molar-refractivity contribution >= 4 is 9.84 Å². The zero-order chi connectivity index (χ0) is 15.3. The quantitative estimate of drug-likeness (QED) is 0.841. The van der Waals surface area contributed by atoms with Crippen molar-refractivity contribution in [2.75, 3.05) is 18.6 Å². The maximum absolute atomic E-state index is 12.1. The lowest BCUT2D eigenvalue weighted by atomic mass is 10.00. The Labute approximate surface area is 123 Å². The fourth-order valence-electron chi connectivity index (χ4n) is 2.29. The van der Waals surface area contributed by atoms with Crippen molar-refractivity contribution in [1.29, 1.82) is 0 Å². The van der Waals surface area contributed by atoms with Gasteiger partial charge in [-0.2, -0.15) is 0 Å². The summed E-state index contributed by atoms with van der Waals surface area (Å²) in [7, 11) is -1.22. The van der Waals surface area contributed by atoms with Crippen LogP contribution >= 0.6 is 0 Å². The highest BCUT2D eigenvalue weighted by atomic mass is 32.2. The first-order chi connectivity index (χ1) is 9.25. The second kappa shape index (κ2) is 7.23. The van der Waals surface area contributed by atoms with Crippen LogP contribution in [0.2, 0.25) is 0 Å². The number of nitrogens with one attached hydrogen (secondary N) is 1. The maximum Gasteiger partial charge on any atom is 0.152 e. The van der Waals surface area contributed by atoms with Crippen LogP contribution in [0.5, 0.6) is 0 Å². The largest absolute Gasteiger partial charge is 0.312 e. The molecule has 0 heterocycles. The summed E-state index contributed by atoms with van der Waals surface area (Å²) in [4.78, 5) is 0. The molecule has 3 nitrogen and oxygen atoms in total. The molecule has 0 bridgehead atoms. The Hall–Kier alpha value is -0.870. The highest BCUT2D eigenvalue weighted by Gasteiger charge is 2.20. The van der Waals surface area contributed by atoms with Gasteiger partial charge in [-0.25, -0.2) is 8.42 Å². The molecule has 1 atom stereocenters. The van der Waals surface area contributed by atoms with Crippen LogP contribution in [-0.2, 0) is 9.84 Å². The molecule has 1 aromatic carbocycles. The van der Waals surface area contributed by atoms with E-state index in [1.165, 1.54) is 5.56 Å². The molecule has 20 heavy (non-hydrogen) atoms. The van der Waals surface area contributed by atoms with Gasteiger partial charge in [0.2, 0.25) is 0 Å². The molecule has 0 aliphatic carbocycles. The summed E-state index contributed by atoms with van der Waals surface area (Å²) in [5.74, 6) is 1.06. The lowest BCUT2D eigenvalue weighted by molar-refractivity contribution is 0.563. The summed E-state index contributed by atoms with van der Waals surface area (Å²) >= 11 is 0. The fraction of sp³-hybridized carbons (Fsp3) is 0.625. The van der Waals surface area contributed by atoms with Gasteiger partial charge in [0.05, 0.1) is 11.5 Å². The molecule has 1 unspecified atom stereocenters. The standard InChI is InChI=1S/C16H27NO2S/c1-12(2)10-20(18,19)11-16(17-5)15-8-6-14(7-9-15)13(3)4/h6-9,12-13,16-17H,10-11H2,1-5H3. The number of hydrogen-bond acceptors (Lipinski definition) is 3. The van der Waals surface area contributed by atoms with Crippen molar-refractivity contribution in [2.45, 2.75) is 39.7 Å². The number of benzene rings is 1. The minimum absolute atomic E-state index is 0.139. The summed E-state index contributed by atoms with van der Waals surface area (Å²) in [5, 5.41) is 3.12.